The van der Waals surface area contributed by atoms with Crippen LogP contribution in [0.15, 0.2) is 24.3 Å². The molecular formula is C16H25NO. The molecule has 1 heterocycles. The zero-order valence-electron chi connectivity index (χ0n) is 12.0. The lowest BCUT2D eigenvalue weighted by atomic mass is 9.91. The minimum atomic E-state index is -0.548. The van der Waals surface area contributed by atoms with Crippen molar-refractivity contribution in [2.45, 2.75) is 51.2 Å². The minimum absolute atomic E-state index is 0.477. The summed E-state index contributed by atoms with van der Waals surface area (Å²) >= 11 is 0. The van der Waals surface area contributed by atoms with Crippen LogP contribution < -0.4 is 0 Å². The Balaban J connectivity index is 2.05. The minimum Gasteiger partial charge on any atom is -0.388 e. The van der Waals surface area contributed by atoms with Crippen molar-refractivity contribution in [2.75, 3.05) is 13.6 Å². The highest BCUT2D eigenvalue weighted by Gasteiger charge is 2.38. The van der Waals surface area contributed by atoms with Crippen molar-refractivity contribution in [1.29, 1.82) is 0 Å². The van der Waals surface area contributed by atoms with Crippen LogP contribution in [-0.4, -0.2) is 35.2 Å². The molecule has 18 heavy (non-hydrogen) atoms. The second-order valence-electron chi connectivity index (χ2n) is 6.27. The SMILES string of the molecule is CC(C)c1ccc(CC2(O)CC(C)N(C)C2)cc1. The Morgan fingerprint density at radius 2 is 1.94 bits per heavy atom. The van der Waals surface area contributed by atoms with Gasteiger partial charge in [0.15, 0.2) is 0 Å². The maximum atomic E-state index is 10.6. The number of hydrogen-bond acceptors (Lipinski definition) is 2. The van der Waals surface area contributed by atoms with Gasteiger partial charge in [-0.05, 0) is 37.4 Å². The van der Waals surface area contributed by atoms with E-state index in [2.05, 4.69) is 57.0 Å². The van der Waals surface area contributed by atoms with E-state index in [-0.39, 0.29) is 0 Å². The van der Waals surface area contributed by atoms with E-state index in [9.17, 15) is 5.11 Å². The molecule has 0 saturated carbocycles. The molecule has 2 nitrogen and oxygen atoms in total. The summed E-state index contributed by atoms with van der Waals surface area (Å²) in [6, 6.07) is 9.17. The average molecular weight is 247 g/mol. The number of hydrogen-bond donors (Lipinski definition) is 1. The van der Waals surface area contributed by atoms with Crippen LogP contribution in [0.1, 0.15) is 44.2 Å². The predicted molar refractivity (Wildman–Crippen MR) is 75.9 cm³/mol. The van der Waals surface area contributed by atoms with Crippen molar-refractivity contribution in [3.8, 4) is 0 Å². The molecule has 1 N–H and O–H groups in total. The highest BCUT2D eigenvalue weighted by atomic mass is 16.3. The van der Waals surface area contributed by atoms with E-state index in [4.69, 9.17) is 0 Å². The molecule has 2 rings (SSSR count). The molecule has 1 aromatic carbocycles. The van der Waals surface area contributed by atoms with Crippen molar-refractivity contribution in [1.82, 2.24) is 4.90 Å². The van der Waals surface area contributed by atoms with Gasteiger partial charge in [0.1, 0.15) is 0 Å². The summed E-state index contributed by atoms with van der Waals surface area (Å²) in [5, 5.41) is 10.6. The molecule has 1 fully saturated rings. The largest absolute Gasteiger partial charge is 0.388 e. The van der Waals surface area contributed by atoms with Gasteiger partial charge in [-0.2, -0.15) is 0 Å². The maximum Gasteiger partial charge on any atom is 0.0828 e. The van der Waals surface area contributed by atoms with Crippen molar-refractivity contribution in [2.24, 2.45) is 0 Å². The Bertz CT molecular complexity index is 386. The van der Waals surface area contributed by atoms with Gasteiger partial charge in [0.25, 0.3) is 0 Å². The summed E-state index contributed by atoms with van der Waals surface area (Å²) in [5.41, 5.74) is 2.06. The van der Waals surface area contributed by atoms with Crippen molar-refractivity contribution in [3.05, 3.63) is 35.4 Å². The van der Waals surface area contributed by atoms with Crippen LogP contribution in [0.5, 0.6) is 0 Å². The molecule has 2 heteroatoms. The molecule has 2 atom stereocenters. The lowest BCUT2D eigenvalue weighted by Gasteiger charge is -2.22. The predicted octanol–water partition coefficient (Wildman–Crippen LogP) is 2.81. The average Bonchev–Trinajstić information content (AvgIpc) is 2.53. The van der Waals surface area contributed by atoms with Gasteiger partial charge in [-0.1, -0.05) is 38.1 Å². The van der Waals surface area contributed by atoms with E-state index in [1.807, 2.05) is 0 Å². The molecule has 0 aliphatic carbocycles. The Morgan fingerprint density at radius 3 is 2.39 bits per heavy atom. The molecule has 1 aliphatic rings. The molecule has 0 aromatic heterocycles. The molecular weight excluding hydrogens is 222 g/mol. The van der Waals surface area contributed by atoms with Crippen LogP contribution in [0.25, 0.3) is 0 Å². The second-order valence-corrected chi connectivity index (χ2v) is 6.27. The smallest absolute Gasteiger partial charge is 0.0828 e. The fourth-order valence-electron chi connectivity index (χ4n) is 2.92. The first-order valence-electron chi connectivity index (χ1n) is 6.91. The van der Waals surface area contributed by atoms with Gasteiger partial charge in [-0.25, -0.2) is 0 Å². The molecule has 0 spiro atoms. The normalized spacial score (nSPS) is 29.1. The Labute approximate surface area is 111 Å². The Morgan fingerprint density at radius 1 is 1.33 bits per heavy atom. The number of likely N-dealkylation sites (N-methyl/N-ethyl adjacent to an activating group) is 1. The van der Waals surface area contributed by atoms with Crippen molar-refractivity contribution < 1.29 is 5.11 Å². The quantitative estimate of drug-likeness (QED) is 0.888. The van der Waals surface area contributed by atoms with Gasteiger partial charge in [0.05, 0.1) is 5.60 Å². The highest BCUT2D eigenvalue weighted by Crippen LogP contribution is 2.29. The zero-order chi connectivity index (χ0) is 13.3. The molecule has 1 saturated heterocycles. The van der Waals surface area contributed by atoms with Gasteiger partial charge < -0.3 is 10.0 Å². The summed E-state index contributed by atoms with van der Waals surface area (Å²) < 4.78 is 0. The van der Waals surface area contributed by atoms with E-state index in [0.717, 1.165) is 19.4 Å². The van der Waals surface area contributed by atoms with Gasteiger partial charge in [-0.3, -0.25) is 0 Å². The van der Waals surface area contributed by atoms with Gasteiger partial charge in [-0.15, -0.1) is 0 Å². The van der Waals surface area contributed by atoms with Crippen LogP contribution in [0.4, 0.5) is 0 Å². The highest BCUT2D eigenvalue weighted by molar-refractivity contribution is 5.26. The van der Waals surface area contributed by atoms with E-state index < -0.39 is 5.60 Å². The molecule has 2 unspecified atom stereocenters. The summed E-state index contributed by atoms with van der Waals surface area (Å²) in [6.45, 7) is 7.37. The van der Waals surface area contributed by atoms with Crippen LogP contribution >= 0.6 is 0 Å². The van der Waals surface area contributed by atoms with Crippen LogP contribution in [0.2, 0.25) is 0 Å². The third kappa shape index (κ3) is 2.93. The first-order valence-corrected chi connectivity index (χ1v) is 6.91. The summed E-state index contributed by atoms with van der Waals surface area (Å²) in [7, 11) is 2.09. The van der Waals surface area contributed by atoms with E-state index in [1.165, 1.54) is 11.1 Å². The monoisotopic (exact) mass is 247 g/mol. The van der Waals surface area contributed by atoms with Crippen molar-refractivity contribution in [3.63, 3.8) is 0 Å². The lowest BCUT2D eigenvalue weighted by Crippen LogP contribution is -2.34. The van der Waals surface area contributed by atoms with Crippen molar-refractivity contribution >= 4 is 0 Å². The number of nitrogens with zero attached hydrogens (tertiary/aromatic N) is 1. The fraction of sp³-hybridized carbons (Fsp3) is 0.625. The third-order valence-electron chi connectivity index (χ3n) is 4.15. The molecule has 0 bridgehead atoms. The zero-order valence-corrected chi connectivity index (χ0v) is 12.0. The topological polar surface area (TPSA) is 23.5 Å². The molecule has 0 amide bonds. The number of likely N-dealkylation sites (tertiary alicyclic amines) is 1. The van der Waals surface area contributed by atoms with E-state index >= 15 is 0 Å². The Hall–Kier alpha value is -0.860. The maximum absolute atomic E-state index is 10.6. The third-order valence-corrected chi connectivity index (χ3v) is 4.15. The van der Waals surface area contributed by atoms with Crippen LogP contribution in [0, 0.1) is 0 Å². The molecule has 0 radical (unpaired) electrons. The standard InChI is InChI=1S/C16H25NO/c1-12(2)15-7-5-14(6-8-15)10-16(18)9-13(3)17(4)11-16/h5-8,12-13,18H,9-11H2,1-4H3. The lowest BCUT2D eigenvalue weighted by molar-refractivity contribution is 0.0520. The molecule has 1 aliphatic heterocycles. The van der Waals surface area contributed by atoms with Gasteiger partial charge in [0.2, 0.25) is 0 Å². The van der Waals surface area contributed by atoms with Gasteiger partial charge >= 0.3 is 0 Å². The van der Waals surface area contributed by atoms with E-state index in [1.54, 1.807) is 0 Å². The fourth-order valence-corrected chi connectivity index (χ4v) is 2.92. The summed E-state index contributed by atoms with van der Waals surface area (Å²) in [4.78, 5) is 2.24. The summed E-state index contributed by atoms with van der Waals surface area (Å²) in [5.74, 6) is 0.569. The number of aliphatic hydroxyl groups is 1. The molecule has 100 valence electrons. The first kappa shape index (κ1) is 13.6. The van der Waals surface area contributed by atoms with Gasteiger partial charge in [0, 0.05) is 19.0 Å². The summed E-state index contributed by atoms with van der Waals surface area (Å²) in [6.07, 6.45) is 1.63. The molecule has 1 aromatic rings. The van der Waals surface area contributed by atoms with Crippen LogP contribution in [-0.2, 0) is 6.42 Å². The number of β-amino-alcohol motifs (C(OH)–C–C–N with tert-alkyl or cyclic N) is 1. The second kappa shape index (κ2) is 5.02. The number of rotatable bonds is 3. The van der Waals surface area contributed by atoms with E-state index in [0.29, 0.717) is 12.0 Å². The first-order chi connectivity index (χ1) is 8.39. The number of benzene rings is 1. The van der Waals surface area contributed by atoms with Crippen LogP contribution in [0.3, 0.4) is 0 Å². The Kier molecular flexibility index (Phi) is 3.79.